The summed E-state index contributed by atoms with van der Waals surface area (Å²) in [6.45, 7) is 6.21. The van der Waals surface area contributed by atoms with E-state index in [1.807, 2.05) is 35.8 Å². The first-order valence-electron chi connectivity index (χ1n) is 8.60. The van der Waals surface area contributed by atoms with Gasteiger partial charge in [0, 0.05) is 5.56 Å². The predicted octanol–water partition coefficient (Wildman–Crippen LogP) is 4.53. The van der Waals surface area contributed by atoms with Crippen molar-refractivity contribution in [3.8, 4) is 17.1 Å². The van der Waals surface area contributed by atoms with Gasteiger partial charge >= 0.3 is 0 Å². The molecule has 0 atom stereocenters. The van der Waals surface area contributed by atoms with Crippen LogP contribution in [-0.4, -0.2) is 24.9 Å². The molecule has 0 fully saturated rings. The highest BCUT2D eigenvalue weighted by molar-refractivity contribution is 7.98. The molecule has 4 rings (SSSR count). The topological polar surface area (TPSA) is 69.6 Å². The van der Waals surface area contributed by atoms with Crippen molar-refractivity contribution in [3.05, 3.63) is 71.4 Å². The number of rotatable bonds is 5. The van der Waals surface area contributed by atoms with Crippen molar-refractivity contribution in [1.82, 2.24) is 24.9 Å². The lowest BCUT2D eigenvalue weighted by molar-refractivity contribution is 0.391. The van der Waals surface area contributed by atoms with Gasteiger partial charge in [0.1, 0.15) is 6.33 Å². The summed E-state index contributed by atoms with van der Waals surface area (Å²) >= 11 is 1.52. The molecule has 4 aromatic rings. The van der Waals surface area contributed by atoms with Crippen LogP contribution in [0, 0.1) is 20.8 Å². The van der Waals surface area contributed by atoms with E-state index in [2.05, 4.69) is 52.4 Å². The number of aryl methyl sites for hydroxylation is 3. The van der Waals surface area contributed by atoms with Gasteiger partial charge in [0.05, 0.1) is 11.4 Å². The maximum Gasteiger partial charge on any atom is 0.237 e. The summed E-state index contributed by atoms with van der Waals surface area (Å²) in [7, 11) is 0. The van der Waals surface area contributed by atoms with Gasteiger partial charge in [-0.05, 0) is 38.5 Å². The Kier molecular flexibility index (Phi) is 4.77. The average Bonchev–Trinajstić information content (AvgIpc) is 3.29. The van der Waals surface area contributed by atoms with E-state index in [1.165, 1.54) is 22.9 Å². The van der Waals surface area contributed by atoms with Crippen LogP contribution in [0.5, 0.6) is 0 Å². The number of aromatic nitrogens is 5. The normalized spacial score (nSPS) is 11.1. The molecule has 2 aromatic carbocycles. The minimum atomic E-state index is 0.530. The molecule has 0 unspecified atom stereocenters. The summed E-state index contributed by atoms with van der Waals surface area (Å²) in [5.74, 6) is 1.69. The lowest BCUT2D eigenvalue weighted by Crippen LogP contribution is -1.98. The molecular formula is C20H19N5OS. The molecule has 2 heterocycles. The Balaban J connectivity index is 1.51. The Morgan fingerprint density at radius 2 is 1.89 bits per heavy atom. The van der Waals surface area contributed by atoms with Crippen molar-refractivity contribution < 1.29 is 4.52 Å². The largest absolute Gasteiger partial charge is 0.338 e. The highest BCUT2D eigenvalue weighted by atomic mass is 32.2. The highest BCUT2D eigenvalue weighted by Crippen LogP contribution is 2.26. The molecule has 0 amide bonds. The number of nitrogens with zero attached hydrogens (tertiary/aromatic N) is 5. The molecule has 27 heavy (non-hydrogen) atoms. The molecule has 0 aliphatic rings. The first-order chi connectivity index (χ1) is 13.1. The fraction of sp³-hybridized carbons (Fsp3) is 0.200. The molecule has 0 saturated heterocycles. The maximum absolute atomic E-state index is 5.40. The van der Waals surface area contributed by atoms with Crippen molar-refractivity contribution in [3.63, 3.8) is 0 Å². The minimum absolute atomic E-state index is 0.530. The second kappa shape index (κ2) is 7.36. The molecule has 0 spiro atoms. The molecule has 0 bridgehead atoms. The van der Waals surface area contributed by atoms with Gasteiger partial charge in [0.15, 0.2) is 5.16 Å². The van der Waals surface area contributed by atoms with E-state index in [-0.39, 0.29) is 0 Å². The van der Waals surface area contributed by atoms with Crippen molar-refractivity contribution in [2.75, 3.05) is 0 Å². The smallest absolute Gasteiger partial charge is 0.237 e. The monoisotopic (exact) mass is 377 g/mol. The van der Waals surface area contributed by atoms with Crippen molar-refractivity contribution in [1.29, 1.82) is 0 Å². The van der Waals surface area contributed by atoms with Crippen LogP contribution in [0.1, 0.15) is 22.6 Å². The van der Waals surface area contributed by atoms with Crippen LogP contribution < -0.4 is 0 Å². The van der Waals surface area contributed by atoms with Crippen LogP contribution in [0.25, 0.3) is 17.1 Å². The van der Waals surface area contributed by atoms with E-state index in [0.717, 1.165) is 22.0 Å². The Hall–Kier alpha value is -2.93. The van der Waals surface area contributed by atoms with Crippen LogP contribution in [-0.2, 0) is 5.75 Å². The van der Waals surface area contributed by atoms with Gasteiger partial charge in [-0.2, -0.15) is 4.98 Å². The molecule has 0 N–H and O–H groups in total. The first kappa shape index (κ1) is 17.5. The summed E-state index contributed by atoms with van der Waals surface area (Å²) in [6, 6.07) is 14.4. The van der Waals surface area contributed by atoms with Crippen LogP contribution >= 0.6 is 11.8 Å². The quantitative estimate of drug-likeness (QED) is 0.476. The van der Waals surface area contributed by atoms with Gasteiger partial charge in [-0.3, -0.25) is 4.57 Å². The SMILES string of the molecule is Cc1cccc(-c2noc(CSc3nncn3-c3ccc(C)cc3C)n2)c1. The first-order valence-corrected chi connectivity index (χ1v) is 9.59. The molecule has 0 saturated carbocycles. The molecule has 136 valence electrons. The van der Waals surface area contributed by atoms with E-state index in [4.69, 9.17) is 4.52 Å². The Bertz CT molecular complexity index is 1090. The fourth-order valence-corrected chi connectivity index (χ4v) is 3.66. The second-order valence-corrected chi connectivity index (χ2v) is 7.39. The zero-order valence-corrected chi connectivity index (χ0v) is 16.2. The zero-order valence-electron chi connectivity index (χ0n) is 15.4. The van der Waals surface area contributed by atoms with Gasteiger partial charge in [-0.25, -0.2) is 0 Å². The predicted molar refractivity (Wildman–Crippen MR) is 105 cm³/mol. The third-order valence-corrected chi connectivity index (χ3v) is 5.13. The van der Waals surface area contributed by atoms with E-state index in [9.17, 15) is 0 Å². The Morgan fingerprint density at radius 3 is 2.70 bits per heavy atom. The number of hydrogen-bond acceptors (Lipinski definition) is 6. The molecule has 0 aliphatic heterocycles. The number of hydrogen-bond donors (Lipinski definition) is 0. The molecule has 6 nitrogen and oxygen atoms in total. The number of thioether (sulfide) groups is 1. The van der Waals surface area contributed by atoms with Gasteiger partial charge in [-0.15, -0.1) is 10.2 Å². The Labute approximate surface area is 161 Å². The highest BCUT2D eigenvalue weighted by Gasteiger charge is 2.13. The summed E-state index contributed by atoms with van der Waals surface area (Å²) < 4.78 is 7.39. The molecule has 0 radical (unpaired) electrons. The van der Waals surface area contributed by atoms with Crippen LogP contribution in [0.2, 0.25) is 0 Å². The summed E-state index contributed by atoms with van der Waals surface area (Å²) in [5.41, 5.74) is 5.59. The standard InChI is InChI=1S/C20H19N5OS/c1-13-5-4-6-16(10-13)19-22-18(26-24-19)11-27-20-23-21-12-25(20)17-8-7-14(2)9-15(17)3/h4-10,12H,11H2,1-3H3. The van der Waals surface area contributed by atoms with Crippen molar-refractivity contribution in [2.24, 2.45) is 0 Å². The van der Waals surface area contributed by atoms with Crippen LogP contribution in [0.3, 0.4) is 0 Å². The average molecular weight is 377 g/mol. The molecule has 0 aliphatic carbocycles. The van der Waals surface area contributed by atoms with Crippen LogP contribution in [0.4, 0.5) is 0 Å². The van der Waals surface area contributed by atoms with E-state index in [1.54, 1.807) is 6.33 Å². The summed E-state index contributed by atoms with van der Waals surface area (Å²) in [5, 5.41) is 13.2. The van der Waals surface area contributed by atoms with E-state index in [0.29, 0.717) is 17.5 Å². The second-order valence-electron chi connectivity index (χ2n) is 6.44. The molecular weight excluding hydrogens is 358 g/mol. The van der Waals surface area contributed by atoms with Crippen molar-refractivity contribution >= 4 is 11.8 Å². The zero-order chi connectivity index (χ0) is 18.8. The van der Waals surface area contributed by atoms with Gasteiger partial charge < -0.3 is 4.52 Å². The van der Waals surface area contributed by atoms with Gasteiger partial charge in [0.25, 0.3) is 0 Å². The van der Waals surface area contributed by atoms with Crippen LogP contribution in [0.15, 0.2) is 58.5 Å². The van der Waals surface area contributed by atoms with E-state index >= 15 is 0 Å². The summed E-state index contributed by atoms with van der Waals surface area (Å²) in [6.07, 6.45) is 1.73. The molecule has 7 heteroatoms. The van der Waals surface area contributed by atoms with Gasteiger partial charge in [-0.1, -0.05) is 58.4 Å². The lowest BCUT2D eigenvalue weighted by atomic mass is 10.1. The minimum Gasteiger partial charge on any atom is -0.338 e. The summed E-state index contributed by atoms with van der Waals surface area (Å²) in [4.78, 5) is 4.50. The molecule has 2 aromatic heterocycles. The van der Waals surface area contributed by atoms with E-state index < -0.39 is 0 Å². The fourth-order valence-electron chi connectivity index (χ4n) is 2.90. The maximum atomic E-state index is 5.40. The lowest BCUT2D eigenvalue weighted by Gasteiger charge is -2.09. The van der Waals surface area contributed by atoms with Gasteiger partial charge in [0.2, 0.25) is 11.7 Å². The Morgan fingerprint density at radius 1 is 1.04 bits per heavy atom. The third kappa shape index (κ3) is 3.78. The van der Waals surface area contributed by atoms with Crippen molar-refractivity contribution in [2.45, 2.75) is 31.7 Å². The third-order valence-electron chi connectivity index (χ3n) is 4.20. The number of benzene rings is 2.